The molecule has 0 aliphatic heterocycles. The molecule has 0 fully saturated rings. The van der Waals surface area contributed by atoms with Crippen LogP contribution in [-0.2, 0) is 5.41 Å². The molecule has 0 aliphatic rings. The SMILES string of the molecule is CCOc1ccc(C(C)(C)CNC(C)(C)CO)cc1. The zero-order valence-electron chi connectivity index (χ0n) is 12.8. The van der Waals surface area contributed by atoms with E-state index in [-0.39, 0.29) is 17.6 Å². The van der Waals surface area contributed by atoms with Gasteiger partial charge in [0.05, 0.1) is 13.2 Å². The van der Waals surface area contributed by atoms with Crippen LogP contribution in [0.2, 0.25) is 0 Å². The van der Waals surface area contributed by atoms with Gasteiger partial charge in [-0.15, -0.1) is 0 Å². The van der Waals surface area contributed by atoms with Crippen molar-refractivity contribution in [2.45, 2.75) is 45.6 Å². The zero-order valence-corrected chi connectivity index (χ0v) is 12.8. The summed E-state index contributed by atoms with van der Waals surface area (Å²) in [6, 6.07) is 8.24. The Kier molecular flexibility index (Phi) is 5.39. The van der Waals surface area contributed by atoms with Crippen molar-refractivity contribution >= 4 is 0 Å². The summed E-state index contributed by atoms with van der Waals surface area (Å²) in [5, 5.41) is 12.7. The Labute approximate surface area is 117 Å². The average Bonchev–Trinajstić information content (AvgIpc) is 2.38. The first-order chi connectivity index (χ1) is 8.80. The van der Waals surface area contributed by atoms with Gasteiger partial charge in [0.2, 0.25) is 0 Å². The highest BCUT2D eigenvalue weighted by Gasteiger charge is 2.24. The third-order valence-electron chi connectivity index (χ3n) is 3.35. The Morgan fingerprint density at radius 1 is 1.11 bits per heavy atom. The van der Waals surface area contributed by atoms with E-state index in [2.05, 4.69) is 31.3 Å². The summed E-state index contributed by atoms with van der Waals surface area (Å²) >= 11 is 0. The van der Waals surface area contributed by atoms with Crippen LogP contribution in [0.5, 0.6) is 5.75 Å². The van der Waals surface area contributed by atoms with Gasteiger partial charge in [0, 0.05) is 17.5 Å². The highest BCUT2D eigenvalue weighted by Crippen LogP contribution is 2.25. The molecule has 0 aromatic heterocycles. The Balaban J connectivity index is 2.71. The monoisotopic (exact) mass is 265 g/mol. The summed E-state index contributed by atoms with van der Waals surface area (Å²) in [5.74, 6) is 0.908. The van der Waals surface area contributed by atoms with Crippen molar-refractivity contribution in [1.82, 2.24) is 5.32 Å². The summed E-state index contributed by atoms with van der Waals surface area (Å²) < 4.78 is 5.46. The molecule has 0 aliphatic carbocycles. The van der Waals surface area contributed by atoms with Crippen molar-refractivity contribution in [2.75, 3.05) is 19.8 Å². The van der Waals surface area contributed by atoms with Crippen molar-refractivity contribution < 1.29 is 9.84 Å². The number of hydrogen-bond donors (Lipinski definition) is 2. The second kappa shape index (κ2) is 6.40. The molecule has 0 heterocycles. The summed E-state index contributed by atoms with van der Waals surface area (Å²) in [4.78, 5) is 0. The van der Waals surface area contributed by atoms with Crippen LogP contribution < -0.4 is 10.1 Å². The zero-order chi connectivity index (χ0) is 14.5. The molecule has 0 amide bonds. The molecule has 1 aromatic rings. The summed E-state index contributed by atoms with van der Waals surface area (Å²) in [6.07, 6.45) is 0. The molecule has 3 heteroatoms. The number of aliphatic hydroxyl groups is 1. The van der Waals surface area contributed by atoms with Gasteiger partial charge in [0.25, 0.3) is 0 Å². The molecule has 0 spiro atoms. The van der Waals surface area contributed by atoms with E-state index >= 15 is 0 Å². The third-order valence-corrected chi connectivity index (χ3v) is 3.35. The average molecular weight is 265 g/mol. The molecule has 2 N–H and O–H groups in total. The lowest BCUT2D eigenvalue weighted by atomic mass is 9.84. The first-order valence-electron chi connectivity index (χ1n) is 6.90. The van der Waals surface area contributed by atoms with Crippen molar-refractivity contribution in [2.24, 2.45) is 0 Å². The highest BCUT2D eigenvalue weighted by atomic mass is 16.5. The fourth-order valence-corrected chi connectivity index (χ4v) is 1.79. The largest absolute Gasteiger partial charge is 0.494 e. The lowest BCUT2D eigenvalue weighted by molar-refractivity contribution is 0.181. The maximum absolute atomic E-state index is 9.28. The molecule has 3 nitrogen and oxygen atoms in total. The molecule has 19 heavy (non-hydrogen) atoms. The highest BCUT2D eigenvalue weighted by molar-refractivity contribution is 5.31. The number of rotatable bonds is 7. The fourth-order valence-electron chi connectivity index (χ4n) is 1.79. The van der Waals surface area contributed by atoms with Crippen LogP contribution in [-0.4, -0.2) is 30.4 Å². The summed E-state index contributed by atoms with van der Waals surface area (Å²) in [6.45, 7) is 12.0. The quantitative estimate of drug-likeness (QED) is 0.796. The molecule has 108 valence electrons. The summed E-state index contributed by atoms with van der Waals surface area (Å²) in [5.41, 5.74) is 1.02. The van der Waals surface area contributed by atoms with Gasteiger partial charge in [-0.3, -0.25) is 0 Å². The smallest absolute Gasteiger partial charge is 0.119 e. The molecule has 1 aromatic carbocycles. The van der Waals surface area contributed by atoms with Gasteiger partial charge in [-0.2, -0.15) is 0 Å². The molecule has 0 radical (unpaired) electrons. The van der Waals surface area contributed by atoms with Crippen molar-refractivity contribution in [3.63, 3.8) is 0 Å². The number of aliphatic hydroxyl groups excluding tert-OH is 1. The minimum Gasteiger partial charge on any atom is -0.494 e. The van der Waals surface area contributed by atoms with Gasteiger partial charge in [-0.05, 0) is 38.5 Å². The second-order valence-corrected chi connectivity index (χ2v) is 6.24. The lowest BCUT2D eigenvalue weighted by Gasteiger charge is -2.32. The normalized spacial score (nSPS) is 12.5. The van der Waals surface area contributed by atoms with E-state index in [0.29, 0.717) is 6.61 Å². The Morgan fingerprint density at radius 3 is 2.16 bits per heavy atom. The minimum atomic E-state index is -0.247. The van der Waals surface area contributed by atoms with Gasteiger partial charge >= 0.3 is 0 Å². The predicted molar refractivity (Wildman–Crippen MR) is 79.8 cm³/mol. The van der Waals surface area contributed by atoms with Crippen molar-refractivity contribution in [3.05, 3.63) is 29.8 Å². The van der Waals surface area contributed by atoms with Crippen LogP contribution in [0.15, 0.2) is 24.3 Å². The van der Waals surface area contributed by atoms with Crippen LogP contribution >= 0.6 is 0 Å². The van der Waals surface area contributed by atoms with Gasteiger partial charge in [-0.25, -0.2) is 0 Å². The molecular formula is C16H27NO2. The van der Waals surface area contributed by atoms with Gasteiger partial charge in [-0.1, -0.05) is 26.0 Å². The van der Waals surface area contributed by atoms with Crippen LogP contribution in [0.3, 0.4) is 0 Å². The van der Waals surface area contributed by atoms with Crippen LogP contribution in [0, 0.1) is 0 Å². The third kappa shape index (κ3) is 4.84. The molecule has 0 bridgehead atoms. The molecule has 0 saturated carbocycles. The Bertz CT molecular complexity index is 382. The lowest BCUT2D eigenvalue weighted by Crippen LogP contribution is -2.48. The van der Waals surface area contributed by atoms with Crippen LogP contribution in [0.25, 0.3) is 0 Å². The maximum Gasteiger partial charge on any atom is 0.119 e. The Hall–Kier alpha value is -1.06. The van der Waals surface area contributed by atoms with E-state index in [9.17, 15) is 5.11 Å². The maximum atomic E-state index is 9.28. The molecule has 1 rings (SSSR count). The first-order valence-corrected chi connectivity index (χ1v) is 6.90. The second-order valence-electron chi connectivity index (χ2n) is 6.24. The van der Waals surface area contributed by atoms with E-state index in [0.717, 1.165) is 12.3 Å². The van der Waals surface area contributed by atoms with Gasteiger partial charge in [0.1, 0.15) is 5.75 Å². The topological polar surface area (TPSA) is 41.5 Å². The van der Waals surface area contributed by atoms with E-state index in [1.165, 1.54) is 5.56 Å². The predicted octanol–water partition coefficient (Wildman–Crippen LogP) is 2.72. The standard InChI is InChI=1S/C16H27NO2/c1-6-19-14-9-7-13(8-10-14)15(2,3)11-17-16(4,5)12-18/h7-10,17-18H,6,11-12H2,1-5H3. The van der Waals surface area contributed by atoms with E-state index < -0.39 is 0 Å². The van der Waals surface area contributed by atoms with Crippen molar-refractivity contribution in [3.8, 4) is 5.75 Å². The fraction of sp³-hybridized carbons (Fsp3) is 0.625. The van der Waals surface area contributed by atoms with Gasteiger partial charge in [0.15, 0.2) is 0 Å². The van der Waals surface area contributed by atoms with E-state index in [1.807, 2.05) is 32.9 Å². The molecular weight excluding hydrogens is 238 g/mol. The number of benzene rings is 1. The van der Waals surface area contributed by atoms with Crippen LogP contribution in [0.1, 0.15) is 40.2 Å². The number of nitrogens with one attached hydrogen (secondary N) is 1. The number of ether oxygens (including phenoxy) is 1. The minimum absolute atomic E-state index is 0.0111. The molecule has 0 saturated heterocycles. The van der Waals surface area contributed by atoms with Crippen LogP contribution in [0.4, 0.5) is 0 Å². The van der Waals surface area contributed by atoms with Gasteiger partial charge < -0.3 is 15.2 Å². The molecule has 0 atom stereocenters. The first kappa shape index (κ1) is 16.0. The van der Waals surface area contributed by atoms with E-state index in [4.69, 9.17) is 4.74 Å². The summed E-state index contributed by atoms with van der Waals surface area (Å²) in [7, 11) is 0. The van der Waals surface area contributed by atoms with E-state index in [1.54, 1.807) is 0 Å². The number of hydrogen-bond acceptors (Lipinski definition) is 3. The van der Waals surface area contributed by atoms with Crippen molar-refractivity contribution in [1.29, 1.82) is 0 Å². The molecule has 0 unspecified atom stereocenters. The Morgan fingerprint density at radius 2 is 1.68 bits per heavy atom.